The van der Waals surface area contributed by atoms with Gasteiger partial charge in [0.2, 0.25) is 5.43 Å². The fourth-order valence-electron chi connectivity index (χ4n) is 1.97. The van der Waals surface area contributed by atoms with E-state index >= 15 is 0 Å². The number of hydrogen-bond acceptors (Lipinski definition) is 5. The van der Waals surface area contributed by atoms with E-state index in [4.69, 9.17) is 15.3 Å². The molecule has 1 amide bonds. The van der Waals surface area contributed by atoms with E-state index in [-0.39, 0.29) is 18.1 Å². The van der Waals surface area contributed by atoms with Crippen molar-refractivity contribution in [2.75, 3.05) is 26.1 Å². The zero-order valence-corrected chi connectivity index (χ0v) is 12.8. The van der Waals surface area contributed by atoms with Gasteiger partial charge in [-0.1, -0.05) is 30.3 Å². The first-order valence-electron chi connectivity index (χ1n) is 7.08. The number of amides is 1. The standard InChI is InChI=1S/C16H19N3O4/c1-22-10-8-18-16(21)14-15(13(20)7-9-19(14)17)23-11-12-5-3-2-4-6-12/h2-7,9H,8,10-11,17H2,1H3,(H,18,21). The van der Waals surface area contributed by atoms with Gasteiger partial charge in [0, 0.05) is 25.9 Å². The number of methoxy groups -OCH3 is 1. The van der Waals surface area contributed by atoms with Gasteiger partial charge in [-0.15, -0.1) is 0 Å². The van der Waals surface area contributed by atoms with Crippen LogP contribution in [0.2, 0.25) is 0 Å². The predicted octanol–water partition coefficient (Wildman–Crippen LogP) is 0.517. The molecule has 122 valence electrons. The maximum atomic E-state index is 12.2. The second kappa shape index (κ2) is 8.00. The lowest BCUT2D eigenvalue weighted by molar-refractivity contribution is 0.0923. The molecule has 2 rings (SSSR count). The highest BCUT2D eigenvalue weighted by molar-refractivity contribution is 5.95. The minimum Gasteiger partial charge on any atom is -0.482 e. The number of carbonyl (C=O) groups excluding carboxylic acids is 1. The number of rotatable bonds is 7. The lowest BCUT2D eigenvalue weighted by Crippen LogP contribution is -2.33. The highest BCUT2D eigenvalue weighted by Gasteiger charge is 2.19. The summed E-state index contributed by atoms with van der Waals surface area (Å²) in [5, 5.41) is 2.62. The number of carbonyl (C=O) groups is 1. The molecule has 2 aromatic rings. The fourth-order valence-corrected chi connectivity index (χ4v) is 1.97. The van der Waals surface area contributed by atoms with Gasteiger partial charge in [0.05, 0.1) is 6.61 Å². The zero-order valence-electron chi connectivity index (χ0n) is 12.8. The average Bonchev–Trinajstić information content (AvgIpc) is 2.56. The molecule has 0 fully saturated rings. The van der Waals surface area contributed by atoms with Gasteiger partial charge in [-0.05, 0) is 5.56 Å². The Morgan fingerprint density at radius 1 is 1.26 bits per heavy atom. The molecule has 0 spiro atoms. The summed E-state index contributed by atoms with van der Waals surface area (Å²) in [5.74, 6) is 5.20. The first-order chi connectivity index (χ1) is 11.1. The SMILES string of the molecule is COCCNC(=O)c1c(OCc2ccccc2)c(=O)ccn1N. The molecule has 1 aromatic heterocycles. The molecule has 0 bridgehead atoms. The Labute approximate surface area is 133 Å². The summed E-state index contributed by atoms with van der Waals surface area (Å²) in [6.45, 7) is 0.822. The molecule has 23 heavy (non-hydrogen) atoms. The molecular weight excluding hydrogens is 298 g/mol. The zero-order chi connectivity index (χ0) is 16.7. The molecule has 1 aromatic carbocycles. The van der Waals surface area contributed by atoms with Gasteiger partial charge in [-0.3, -0.25) is 14.3 Å². The third-order valence-electron chi connectivity index (χ3n) is 3.12. The van der Waals surface area contributed by atoms with Crippen LogP contribution >= 0.6 is 0 Å². The number of ether oxygens (including phenoxy) is 2. The Balaban J connectivity index is 2.22. The number of pyridine rings is 1. The maximum absolute atomic E-state index is 12.2. The quantitative estimate of drug-likeness (QED) is 0.573. The normalized spacial score (nSPS) is 10.3. The van der Waals surface area contributed by atoms with Crippen molar-refractivity contribution >= 4 is 5.91 Å². The highest BCUT2D eigenvalue weighted by atomic mass is 16.5. The maximum Gasteiger partial charge on any atom is 0.273 e. The Morgan fingerprint density at radius 3 is 2.70 bits per heavy atom. The smallest absolute Gasteiger partial charge is 0.273 e. The van der Waals surface area contributed by atoms with Crippen molar-refractivity contribution in [2.24, 2.45) is 0 Å². The third-order valence-corrected chi connectivity index (χ3v) is 3.12. The number of nitrogens with one attached hydrogen (secondary N) is 1. The van der Waals surface area contributed by atoms with Crippen LogP contribution in [0.5, 0.6) is 5.75 Å². The summed E-state index contributed by atoms with van der Waals surface area (Å²) in [6.07, 6.45) is 1.32. The van der Waals surface area contributed by atoms with Crippen molar-refractivity contribution in [1.29, 1.82) is 0 Å². The molecule has 0 saturated carbocycles. The van der Waals surface area contributed by atoms with Gasteiger partial charge in [0.15, 0.2) is 11.4 Å². The lowest BCUT2D eigenvalue weighted by Gasteiger charge is -2.14. The largest absolute Gasteiger partial charge is 0.482 e. The van der Waals surface area contributed by atoms with Gasteiger partial charge < -0.3 is 20.6 Å². The van der Waals surface area contributed by atoms with Gasteiger partial charge in [-0.2, -0.15) is 0 Å². The van der Waals surface area contributed by atoms with E-state index in [0.717, 1.165) is 10.2 Å². The van der Waals surface area contributed by atoms with Crippen LogP contribution in [0, 0.1) is 0 Å². The molecule has 7 nitrogen and oxygen atoms in total. The summed E-state index contributed by atoms with van der Waals surface area (Å²) < 4.78 is 11.5. The molecule has 0 aliphatic heterocycles. The van der Waals surface area contributed by atoms with Crippen LogP contribution in [0.25, 0.3) is 0 Å². The number of hydrogen-bond donors (Lipinski definition) is 2. The van der Waals surface area contributed by atoms with Gasteiger partial charge in [0.1, 0.15) is 6.61 Å². The molecule has 1 heterocycles. The van der Waals surface area contributed by atoms with E-state index < -0.39 is 11.3 Å². The molecule has 3 N–H and O–H groups in total. The van der Waals surface area contributed by atoms with Crippen molar-refractivity contribution in [2.45, 2.75) is 6.61 Å². The summed E-state index contributed by atoms with van der Waals surface area (Å²) >= 11 is 0. The van der Waals surface area contributed by atoms with E-state index in [1.807, 2.05) is 30.3 Å². The summed E-state index contributed by atoms with van der Waals surface area (Å²) in [6, 6.07) is 10.6. The van der Waals surface area contributed by atoms with Gasteiger partial charge >= 0.3 is 0 Å². The Bertz CT molecular complexity index is 713. The minimum atomic E-state index is -0.495. The third kappa shape index (κ3) is 4.33. The van der Waals surface area contributed by atoms with Crippen molar-refractivity contribution in [3.63, 3.8) is 0 Å². The van der Waals surface area contributed by atoms with E-state index in [1.54, 1.807) is 0 Å². The van der Waals surface area contributed by atoms with Crippen molar-refractivity contribution in [3.8, 4) is 5.75 Å². The molecule has 0 radical (unpaired) electrons. The fraction of sp³-hybridized carbons (Fsp3) is 0.250. The first-order valence-corrected chi connectivity index (χ1v) is 7.08. The van der Waals surface area contributed by atoms with Crippen molar-refractivity contribution in [3.05, 3.63) is 64.1 Å². The molecule has 0 unspecified atom stereocenters. The molecular formula is C16H19N3O4. The Hall–Kier alpha value is -2.80. The molecule has 7 heteroatoms. The molecule has 0 aliphatic carbocycles. The van der Waals surface area contributed by atoms with Crippen LogP contribution in [-0.4, -0.2) is 30.8 Å². The van der Waals surface area contributed by atoms with Gasteiger partial charge in [0.25, 0.3) is 5.91 Å². The first kappa shape index (κ1) is 16.6. The van der Waals surface area contributed by atoms with E-state index in [9.17, 15) is 9.59 Å². The van der Waals surface area contributed by atoms with Crippen LogP contribution in [0.1, 0.15) is 16.1 Å². The van der Waals surface area contributed by atoms with E-state index in [2.05, 4.69) is 5.32 Å². The number of aromatic nitrogens is 1. The van der Waals surface area contributed by atoms with E-state index in [1.165, 1.54) is 19.4 Å². The van der Waals surface area contributed by atoms with Gasteiger partial charge in [-0.25, -0.2) is 0 Å². The summed E-state index contributed by atoms with van der Waals surface area (Å²) in [5.41, 5.74) is 0.453. The number of benzene rings is 1. The van der Waals surface area contributed by atoms with E-state index in [0.29, 0.717) is 13.2 Å². The minimum absolute atomic E-state index is 0.0236. The monoisotopic (exact) mass is 317 g/mol. The average molecular weight is 317 g/mol. The predicted molar refractivity (Wildman–Crippen MR) is 85.8 cm³/mol. The van der Waals surface area contributed by atoms with Crippen LogP contribution in [0.3, 0.4) is 0 Å². The Morgan fingerprint density at radius 2 is 2.00 bits per heavy atom. The summed E-state index contributed by atoms with van der Waals surface area (Å²) in [7, 11) is 1.53. The number of nitrogen functional groups attached to an aromatic ring is 1. The van der Waals surface area contributed by atoms with Crippen LogP contribution in [0.4, 0.5) is 0 Å². The van der Waals surface area contributed by atoms with Crippen molar-refractivity contribution < 1.29 is 14.3 Å². The summed E-state index contributed by atoms with van der Waals surface area (Å²) in [4.78, 5) is 24.3. The topological polar surface area (TPSA) is 95.6 Å². The Kier molecular flexibility index (Phi) is 5.76. The highest BCUT2D eigenvalue weighted by Crippen LogP contribution is 2.13. The number of nitrogens with two attached hydrogens (primary N) is 1. The molecule has 0 aliphatic rings. The molecule has 0 atom stereocenters. The van der Waals surface area contributed by atoms with Crippen LogP contribution in [0.15, 0.2) is 47.4 Å². The second-order valence-electron chi connectivity index (χ2n) is 4.79. The second-order valence-corrected chi connectivity index (χ2v) is 4.79. The molecule has 0 saturated heterocycles. The number of nitrogens with zero attached hydrogens (tertiary/aromatic N) is 1. The van der Waals surface area contributed by atoms with Crippen molar-refractivity contribution in [1.82, 2.24) is 9.99 Å². The lowest BCUT2D eigenvalue weighted by atomic mass is 10.2. The van der Waals surface area contributed by atoms with Crippen LogP contribution < -0.4 is 21.3 Å². The van der Waals surface area contributed by atoms with Crippen LogP contribution in [-0.2, 0) is 11.3 Å².